The largest absolute Gasteiger partial charge is 0.496 e. The van der Waals surface area contributed by atoms with E-state index in [0.29, 0.717) is 13.1 Å². The third-order valence-corrected chi connectivity index (χ3v) is 5.06. The van der Waals surface area contributed by atoms with Crippen LogP contribution >= 0.6 is 11.6 Å². The average molecular weight is 375 g/mol. The summed E-state index contributed by atoms with van der Waals surface area (Å²) in [5.41, 5.74) is 2.07. The predicted octanol–water partition coefficient (Wildman–Crippen LogP) is 1.37. The molecule has 1 aliphatic heterocycles. The minimum Gasteiger partial charge on any atom is -0.496 e. The lowest BCUT2D eigenvalue weighted by Gasteiger charge is -2.33. The molecule has 1 fully saturated rings. The Kier molecular flexibility index (Phi) is 6.36. The van der Waals surface area contributed by atoms with E-state index >= 15 is 0 Å². The number of halogens is 1. The van der Waals surface area contributed by atoms with E-state index in [4.69, 9.17) is 16.3 Å². The van der Waals surface area contributed by atoms with Crippen molar-refractivity contribution in [1.82, 2.24) is 5.32 Å². The number of hydrogen-bond acceptors (Lipinski definition) is 3. The fourth-order valence-electron chi connectivity index (χ4n) is 3.28. The zero-order valence-electron chi connectivity index (χ0n) is 15.0. The number of hydrogen-bond donors (Lipinski definition) is 2. The molecule has 5 nitrogen and oxygen atoms in total. The highest BCUT2D eigenvalue weighted by Crippen LogP contribution is 2.24. The first-order chi connectivity index (χ1) is 12.7. The number of para-hydroxylation sites is 2. The number of carbonyl (C=O) groups excluding carboxylic acids is 1. The summed E-state index contributed by atoms with van der Waals surface area (Å²) in [4.78, 5) is 15.9. The minimum absolute atomic E-state index is 0.0668. The van der Waals surface area contributed by atoms with Gasteiger partial charge < -0.3 is 19.9 Å². The molecule has 1 saturated heterocycles. The molecule has 1 amide bonds. The topological polar surface area (TPSA) is 46.0 Å². The van der Waals surface area contributed by atoms with Crippen molar-refractivity contribution in [3.8, 4) is 5.75 Å². The highest BCUT2D eigenvalue weighted by molar-refractivity contribution is 6.33. The van der Waals surface area contributed by atoms with Gasteiger partial charge in [-0.3, -0.25) is 4.79 Å². The van der Waals surface area contributed by atoms with Crippen molar-refractivity contribution in [3.05, 3.63) is 59.1 Å². The number of ether oxygens (including phenoxy) is 1. The van der Waals surface area contributed by atoms with Gasteiger partial charge in [-0.2, -0.15) is 0 Å². The van der Waals surface area contributed by atoms with Gasteiger partial charge in [0.25, 0.3) is 5.91 Å². The lowest BCUT2D eigenvalue weighted by atomic mass is 10.2. The van der Waals surface area contributed by atoms with Gasteiger partial charge in [-0.05, 0) is 18.2 Å². The normalized spacial score (nSPS) is 14.9. The van der Waals surface area contributed by atoms with Crippen molar-refractivity contribution < 1.29 is 14.4 Å². The molecule has 2 N–H and O–H groups in total. The number of nitrogens with zero attached hydrogens (tertiary/aromatic N) is 1. The molecule has 0 unspecified atom stereocenters. The zero-order valence-corrected chi connectivity index (χ0v) is 15.8. The van der Waals surface area contributed by atoms with Gasteiger partial charge in [-0.1, -0.05) is 41.9 Å². The van der Waals surface area contributed by atoms with E-state index in [2.05, 4.69) is 10.2 Å². The number of methoxy groups -OCH3 is 1. The Hall–Kier alpha value is -2.24. The SMILES string of the molecule is COc1ccccc1CNC(=O)C[NH+]1CCN(c2ccccc2Cl)CC1. The average Bonchev–Trinajstić information content (AvgIpc) is 2.68. The summed E-state index contributed by atoms with van der Waals surface area (Å²) in [6.45, 7) is 4.63. The Morgan fingerprint density at radius 2 is 1.85 bits per heavy atom. The van der Waals surface area contributed by atoms with Crippen LogP contribution in [-0.4, -0.2) is 45.7 Å². The van der Waals surface area contributed by atoms with Crippen molar-refractivity contribution >= 4 is 23.2 Å². The van der Waals surface area contributed by atoms with E-state index in [1.54, 1.807) is 7.11 Å². The highest BCUT2D eigenvalue weighted by Gasteiger charge is 2.23. The molecule has 0 aliphatic carbocycles. The number of amides is 1. The molecule has 1 heterocycles. The number of nitrogens with one attached hydrogen (secondary N) is 2. The number of quaternary nitrogens is 1. The number of benzene rings is 2. The van der Waals surface area contributed by atoms with E-state index in [9.17, 15) is 4.79 Å². The molecule has 0 spiro atoms. The van der Waals surface area contributed by atoms with E-state index in [0.717, 1.165) is 48.2 Å². The van der Waals surface area contributed by atoms with E-state index in [1.807, 2.05) is 48.5 Å². The molecule has 138 valence electrons. The molecule has 0 saturated carbocycles. The predicted molar refractivity (Wildman–Crippen MR) is 104 cm³/mol. The molecular formula is C20H25ClN3O2+. The Balaban J connectivity index is 1.46. The van der Waals surface area contributed by atoms with Crippen LogP contribution in [0.15, 0.2) is 48.5 Å². The fraction of sp³-hybridized carbons (Fsp3) is 0.350. The van der Waals surface area contributed by atoms with Crippen LogP contribution in [-0.2, 0) is 11.3 Å². The Labute approximate surface area is 159 Å². The van der Waals surface area contributed by atoms with E-state index in [-0.39, 0.29) is 5.91 Å². The maximum absolute atomic E-state index is 12.3. The molecule has 26 heavy (non-hydrogen) atoms. The minimum atomic E-state index is 0.0668. The summed E-state index contributed by atoms with van der Waals surface area (Å²) >= 11 is 6.28. The van der Waals surface area contributed by atoms with Crippen molar-refractivity contribution in [2.45, 2.75) is 6.54 Å². The molecule has 0 radical (unpaired) electrons. The second kappa shape index (κ2) is 8.92. The second-order valence-electron chi connectivity index (χ2n) is 6.45. The number of piperazine rings is 1. The van der Waals surface area contributed by atoms with Crippen molar-refractivity contribution in [2.24, 2.45) is 0 Å². The van der Waals surface area contributed by atoms with Crippen molar-refractivity contribution in [3.63, 3.8) is 0 Å². The molecule has 0 bridgehead atoms. The summed E-state index contributed by atoms with van der Waals surface area (Å²) < 4.78 is 5.32. The first-order valence-electron chi connectivity index (χ1n) is 8.89. The van der Waals surface area contributed by atoms with E-state index in [1.165, 1.54) is 4.90 Å². The van der Waals surface area contributed by atoms with Crippen molar-refractivity contribution in [2.75, 3.05) is 44.7 Å². The van der Waals surface area contributed by atoms with Gasteiger partial charge in [-0.15, -0.1) is 0 Å². The van der Waals surface area contributed by atoms with Crippen LogP contribution in [0.3, 0.4) is 0 Å². The van der Waals surface area contributed by atoms with Crippen LogP contribution in [0.1, 0.15) is 5.56 Å². The Bertz CT molecular complexity index is 745. The van der Waals surface area contributed by atoms with Crippen LogP contribution in [0.4, 0.5) is 5.69 Å². The molecule has 3 rings (SSSR count). The molecule has 6 heteroatoms. The number of rotatable bonds is 6. The van der Waals surface area contributed by atoms with Crippen LogP contribution in [0.2, 0.25) is 5.02 Å². The first kappa shape index (κ1) is 18.5. The monoisotopic (exact) mass is 374 g/mol. The van der Waals surface area contributed by atoms with Crippen molar-refractivity contribution in [1.29, 1.82) is 0 Å². The summed E-state index contributed by atoms with van der Waals surface area (Å²) in [6, 6.07) is 15.7. The van der Waals surface area contributed by atoms with Crippen LogP contribution < -0.4 is 19.9 Å². The van der Waals surface area contributed by atoms with Gasteiger partial charge in [0.05, 0.1) is 44.0 Å². The zero-order chi connectivity index (χ0) is 18.4. The Morgan fingerprint density at radius 1 is 1.15 bits per heavy atom. The maximum atomic E-state index is 12.3. The summed E-state index contributed by atoms with van der Waals surface area (Å²) in [5, 5.41) is 3.78. The summed E-state index contributed by atoms with van der Waals surface area (Å²) in [6.07, 6.45) is 0. The molecule has 0 atom stereocenters. The summed E-state index contributed by atoms with van der Waals surface area (Å²) in [5.74, 6) is 0.866. The third kappa shape index (κ3) is 4.68. The smallest absolute Gasteiger partial charge is 0.275 e. The van der Waals surface area contributed by atoms with Gasteiger partial charge in [0.2, 0.25) is 0 Å². The molecular weight excluding hydrogens is 350 g/mol. The molecule has 1 aliphatic rings. The lowest BCUT2D eigenvalue weighted by Crippen LogP contribution is -3.15. The van der Waals surface area contributed by atoms with Crippen LogP contribution in [0.25, 0.3) is 0 Å². The number of carbonyl (C=O) groups is 1. The number of anilines is 1. The molecule has 2 aromatic rings. The molecule has 0 aromatic heterocycles. The molecule has 2 aromatic carbocycles. The maximum Gasteiger partial charge on any atom is 0.275 e. The standard InChI is InChI=1S/C20H24ClN3O2/c1-26-19-9-5-2-6-16(19)14-22-20(25)15-23-10-12-24(13-11-23)18-8-4-3-7-17(18)21/h2-9H,10-15H2,1H3,(H,22,25)/p+1. The van der Waals surface area contributed by atoms with Gasteiger partial charge in [0.15, 0.2) is 6.54 Å². The summed E-state index contributed by atoms with van der Waals surface area (Å²) in [7, 11) is 1.64. The van der Waals surface area contributed by atoms with Gasteiger partial charge in [-0.25, -0.2) is 0 Å². The first-order valence-corrected chi connectivity index (χ1v) is 9.27. The second-order valence-corrected chi connectivity index (χ2v) is 6.86. The fourth-order valence-corrected chi connectivity index (χ4v) is 3.54. The van der Waals surface area contributed by atoms with Gasteiger partial charge >= 0.3 is 0 Å². The van der Waals surface area contributed by atoms with Crippen LogP contribution in [0, 0.1) is 0 Å². The van der Waals surface area contributed by atoms with Crippen LogP contribution in [0.5, 0.6) is 5.75 Å². The Morgan fingerprint density at radius 3 is 2.58 bits per heavy atom. The third-order valence-electron chi connectivity index (χ3n) is 4.74. The van der Waals surface area contributed by atoms with Gasteiger partial charge in [0.1, 0.15) is 5.75 Å². The van der Waals surface area contributed by atoms with E-state index < -0.39 is 0 Å². The van der Waals surface area contributed by atoms with Gasteiger partial charge in [0, 0.05) is 12.1 Å². The highest BCUT2D eigenvalue weighted by atomic mass is 35.5. The lowest BCUT2D eigenvalue weighted by molar-refractivity contribution is -0.892. The quantitative estimate of drug-likeness (QED) is 0.802.